The number of fused-ring (bicyclic) bond motifs is 1. The fourth-order valence-electron chi connectivity index (χ4n) is 4.39. The first kappa shape index (κ1) is 21.1. The van der Waals surface area contributed by atoms with Crippen LogP contribution in [0.4, 0.5) is 5.82 Å². The number of ether oxygens (including phenoxy) is 1. The van der Waals surface area contributed by atoms with Gasteiger partial charge in [0.1, 0.15) is 16.3 Å². The maximum absolute atomic E-state index is 5.58. The first-order valence-corrected chi connectivity index (χ1v) is 11.9. The smallest absolute Gasteiger partial charge is 0.199 e. The third-order valence-electron chi connectivity index (χ3n) is 6.24. The van der Waals surface area contributed by atoms with Gasteiger partial charge in [-0.25, -0.2) is 15.0 Å². The summed E-state index contributed by atoms with van der Waals surface area (Å²) >= 11 is 1.67. The van der Waals surface area contributed by atoms with Crippen LogP contribution in [-0.4, -0.2) is 48.6 Å². The molecule has 168 valence electrons. The van der Waals surface area contributed by atoms with Crippen molar-refractivity contribution >= 4 is 27.4 Å². The zero-order chi connectivity index (χ0) is 22.4. The quantitative estimate of drug-likeness (QED) is 0.452. The van der Waals surface area contributed by atoms with Crippen LogP contribution in [0.15, 0.2) is 24.7 Å². The van der Waals surface area contributed by atoms with Crippen molar-refractivity contribution in [2.75, 3.05) is 12.4 Å². The number of aromatic nitrogens is 6. The van der Waals surface area contributed by atoms with E-state index >= 15 is 0 Å². The van der Waals surface area contributed by atoms with Crippen molar-refractivity contribution in [1.82, 2.24) is 29.3 Å². The van der Waals surface area contributed by atoms with E-state index in [1.54, 1.807) is 24.6 Å². The molecule has 1 fully saturated rings. The Labute approximate surface area is 191 Å². The molecule has 1 N–H and O–H groups in total. The summed E-state index contributed by atoms with van der Waals surface area (Å²) in [6.07, 6.45) is 9.15. The monoisotopic (exact) mass is 451 g/mol. The van der Waals surface area contributed by atoms with Gasteiger partial charge in [0.2, 0.25) is 0 Å². The molecule has 0 radical (unpaired) electrons. The zero-order valence-corrected chi connectivity index (χ0v) is 20.0. The maximum atomic E-state index is 5.58. The average molecular weight is 452 g/mol. The summed E-state index contributed by atoms with van der Waals surface area (Å²) in [5.41, 5.74) is 2.14. The lowest BCUT2D eigenvalue weighted by molar-refractivity contribution is 0.108. The van der Waals surface area contributed by atoms with E-state index in [1.165, 1.54) is 0 Å². The molecule has 1 aliphatic rings. The summed E-state index contributed by atoms with van der Waals surface area (Å²) in [5, 5.41) is 9.59. The van der Waals surface area contributed by atoms with Crippen LogP contribution in [0.25, 0.3) is 32.4 Å². The summed E-state index contributed by atoms with van der Waals surface area (Å²) in [4.78, 5) is 16.4. The van der Waals surface area contributed by atoms with Gasteiger partial charge < -0.3 is 14.6 Å². The first-order chi connectivity index (χ1) is 15.4. The second-order valence-corrected chi connectivity index (χ2v) is 9.78. The molecule has 32 heavy (non-hydrogen) atoms. The van der Waals surface area contributed by atoms with E-state index in [-0.39, 0.29) is 0 Å². The van der Waals surface area contributed by atoms with E-state index in [1.807, 2.05) is 28.7 Å². The highest BCUT2D eigenvalue weighted by atomic mass is 32.1. The Hall–Kier alpha value is -2.78. The second kappa shape index (κ2) is 8.29. The number of anilines is 1. The third kappa shape index (κ3) is 3.69. The number of aryl methyl sites for hydroxylation is 2. The van der Waals surface area contributed by atoms with E-state index in [0.29, 0.717) is 24.0 Å². The molecule has 4 aromatic heterocycles. The molecule has 0 unspecified atom stereocenters. The molecule has 0 spiro atoms. The maximum Gasteiger partial charge on any atom is 0.199 e. The molecular weight excluding hydrogens is 422 g/mol. The second-order valence-electron chi connectivity index (χ2n) is 8.78. The number of methoxy groups -OCH3 is 1. The van der Waals surface area contributed by atoms with Crippen molar-refractivity contribution < 1.29 is 4.74 Å². The fourth-order valence-corrected chi connectivity index (χ4v) is 5.54. The van der Waals surface area contributed by atoms with Gasteiger partial charge in [0.15, 0.2) is 11.6 Å². The van der Waals surface area contributed by atoms with Gasteiger partial charge in [-0.2, -0.15) is 5.10 Å². The number of thiophene rings is 1. The van der Waals surface area contributed by atoms with Crippen LogP contribution >= 0.6 is 11.3 Å². The summed E-state index contributed by atoms with van der Waals surface area (Å²) < 4.78 is 9.52. The number of hydrogen-bond donors (Lipinski definition) is 1. The van der Waals surface area contributed by atoms with Crippen molar-refractivity contribution in [2.45, 2.75) is 58.2 Å². The highest BCUT2D eigenvalue weighted by Gasteiger charge is 2.27. The van der Waals surface area contributed by atoms with Crippen LogP contribution in [0.5, 0.6) is 0 Å². The van der Waals surface area contributed by atoms with Crippen LogP contribution in [0.2, 0.25) is 0 Å². The number of hydrogen-bond acceptors (Lipinski definition) is 7. The van der Waals surface area contributed by atoms with Gasteiger partial charge in [0.05, 0.1) is 16.4 Å². The minimum atomic E-state index is 0.304. The van der Waals surface area contributed by atoms with Gasteiger partial charge in [-0.15, -0.1) is 11.3 Å². The van der Waals surface area contributed by atoms with Crippen LogP contribution in [0, 0.1) is 6.92 Å². The highest BCUT2D eigenvalue weighted by Crippen LogP contribution is 2.41. The number of imidazole rings is 1. The Balaban J connectivity index is 1.63. The molecule has 5 rings (SSSR count). The van der Waals surface area contributed by atoms with E-state index in [9.17, 15) is 0 Å². The van der Waals surface area contributed by atoms with Gasteiger partial charge in [-0.3, -0.25) is 4.68 Å². The molecule has 0 aromatic carbocycles. The normalized spacial score (nSPS) is 18.8. The number of rotatable bonds is 6. The molecule has 8 nitrogen and oxygen atoms in total. The van der Waals surface area contributed by atoms with E-state index in [2.05, 4.69) is 37.1 Å². The Morgan fingerprint density at radius 1 is 1.22 bits per heavy atom. The van der Waals surface area contributed by atoms with Crippen LogP contribution in [-0.2, 0) is 11.8 Å². The molecule has 0 saturated heterocycles. The van der Waals surface area contributed by atoms with E-state index in [0.717, 1.165) is 57.3 Å². The van der Waals surface area contributed by atoms with Crippen molar-refractivity contribution in [1.29, 1.82) is 0 Å². The fraction of sp³-hybridized carbons (Fsp3) is 0.478. The van der Waals surface area contributed by atoms with Gasteiger partial charge in [-0.1, -0.05) is 0 Å². The molecule has 9 heteroatoms. The molecule has 4 heterocycles. The van der Waals surface area contributed by atoms with Gasteiger partial charge in [0, 0.05) is 44.8 Å². The minimum Gasteiger partial charge on any atom is -0.381 e. The topological polar surface area (TPSA) is 82.7 Å². The molecular formula is C23H29N7OS. The summed E-state index contributed by atoms with van der Waals surface area (Å²) in [6.45, 7) is 6.41. The van der Waals surface area contributed by atoms with Crippen molar-refractivity contribution in [3.05, 3.63) is 30.2 Å². The zero-order valence-electron chi connectivity index (χ0n) is 19.2. The van der Waals surface area contributed by atoms with Crippen LogP contribution in [0.1, 0.15) is 44.7 Å². The Morgan fingerprint density at radius 2 is 2.06 bits per heavy atom. The highest BCUT2D eigenvalue weighted by molar-refractivity contribution is 7.22. The molecule has 1 aliphatic carbocycles. The average Bonchev–Trinajstić information content (AvgIpc) is 3.54. The van der Waals surface area contributed by atoms with Gasteiger partial charge >= 0.3 is 0 Å². The molecule has 4 aromatic rings. The largest absolute Gasteiger partial charge is 0.381 e. The van der Waals surface area contributed by atoms with Crippen molar-refractivity contribution in [3.63, 3.8) is 0 Å². The van der Waals surface area contributed by atoms with Crippen molar-refractivity contribution in [2.24, 2.45) is 7.05 Å². The first-order valence-electron chi connectivity index (χ1n) is 11.1. The lowest BCUT2D eigenvalue weighted by atomic mass is 10.1. The summed E-state index contributed by atoms with van der Waals surface area (Å²) in [5.74, 6) is 2.26. The standard InChI is InChI=1S/C23H29N7OS/c1-13(2)30-10-8-17(28-30)19-14(3)18-20(25-15-6-7-16(12-15)31-5)26-21(27-23(18)32-19)22-24-9-11-29(22)4/h8-11,13,15-16H,6-7,12H2,1-5H3,(H,25,26,27)/t15-,16+/m1/s1. The molecule has 0 aliphatic heterocycles. The van der Waals surface area contributed by atoms with Gasteiger partial charge in [0.25, 0.3) is 0 Å². The predicted molar refractivity (Wildman–Crippen MR) is 128 cm³/mol. The Morgan fingerprint density at radius 3 is 2.72 bits per heavy atom. The number of nitrogens with one attached hydrogen (secondary N) is 1. The molecule has 0 amide bonds. The van der Waals surface area contributed by atoms with Crippen molar-refractivity contribution in [3.8, 4) is 22.2 Å². The van der Waals surface area contributed by atoms with Gasteiger partial charge in [-0.05, 0) is 51.7 Å². The summed E-state index contributed by atoms with van der Waals surface area (Å²) in [7, 11) is 3.76. The van der Waals surface area contributed by atoms with E-state index in [4.69, 9.17) is 19.8 Å². The molecule has 2 atom stereocenters. The van der Waals surface area contributed by atoms with Crippen LogP contribution < -0.4 is 5.32 Å². The molecule has 1 saturated carbocycles. The minimum absolute atomic E-state index is 0.304. The summed E-state index contributed by atoms with van der Waals surface area (Å²) in [6, 6.07) is 2.73. The van der Waals surface area contributed by atoms with E-state index < -0.39 is 0 Å². The molecule has 0 bridgehead atoms. The van der Waals surface area contributed by atoms with Crippen LogP contribution in [0.3, 0.4) is 0 Å². The third-order valence-corrected chi connectivity index (χ3v) is 7.45. The predicted octanol–water partition coefficient (Wildman–Crippen LogP) is 4.82. The lowest BCUT2D eigenvalue weighted by Crippen LogP contribution is -2.18. The Bertz CT molecular complexity index is 1250. The Kier molecular flexibility index (Phi) is 5.46. The SMILES string of the molecule is CO[C@H]1CC[C@@H](Nc2nc(-c3nccn3C)nc3sc(-c4ccn(C(C)C)n4)c(C)c23)C1. The number of nitrogens with zero attached hydrogens (tertiary/aromatic N) is 6. The lowest BCUT2D eigenvalue weighted by Gasteiger charge is -2.15.